The lowest BCUT2D eigenvalue weighted by molar-refractivity contribution is 0.108. The van der Waals surface area contributed by atoms with Crippen LogP contribution in [0.3, 0.4) is 0 Å². The molecule has 1 unspecified atom stereocenters. The first kappa shape index (κ1) is 5.75. The molecule has 1 fully saturated rings. The zero-order chi connectivity index (χ0) is 6.15. The maximum absolute atomic E-state index is 10.1. The van der Waals surface area contributed by atoms with E-state index in [-0.39, 0.29) is 5.37 Å². The van der Waals surface area contributed by atoms with Gasteiger partial charge < -0.3 is 5.11 Å². The van der Waals surface area contributed by atoms with Crippen LogP contribution in [0, 0.1) is 0 Å². The number of hydrogen-bond donors (Lipinski definition) is 2. The summed E-state index contributed by atoms with van der Waals surface area (Å²) in [5, 5.41) is 8.23. The first-order valence-corrected chi connectivity index (χ1v) is 2.91. The van der Waals surface area contributed by atoms with Crippen molar-refractivity contribution < 1.29 is 9.90 Å². The molecule has 1 rings (SSSR count). The number of carboxylic acid groups (broad SMARTS) is 1. The Hall–Kier alpha value is -0.380. The Morgan fingerprint density at radius 2 is 2.50 bits per heavy atom. The number of amides is 1. The number of thiol groups is 1. The number of carbonyl (C=O) groups is 1. The third-order valence-electron chi connectivity index (χ3n) is 1.23. The topological polar surface area (TPSA) is 40.5 Å². The summed E-state index contributed by atoms with van der Waals surface area (Å²) in [6.07, 6.45) is 0.0198. The van der Waals surface area contributed by atoms with Crippen molar-refractivity contribution in [2.75, 3.05) is 6.54 Å². The Labute approximate surface area is 52.7 Å². The molecule has 0 aromatic carbocycles. The molecule has 0 aromatic heterocycles. The number of hydrogen-bond acceptors (Lipinski definition) is 2. The van der Waals surface area contributed by atoms with Crippen LogP contribution in [0.2, 0.25) is 0 Å². The third-order valence-corrected chi connectivity index (χ3v) is 1.77. The third kappa shape index (κ3) is 0.753. The van der Waals surface area contributed by atoms with Gasteiger partial charge in [0, 0.05) is 6.54 Å². The fourth-order valence-electron chi connectivity index (χ4n) is 0.597. The van der Waals surface area contributed by atoms with Crippen molar-refractivity contribution in [3.63, 3.8) is 0 Å². The fourth-order valence-corrected chi connectivity index (χ4v) is 0.927. The molecule has 1 aliphatic rings. The summed E-state index contributed by atoms with van der Waals surface area (Å²) in [6, 6.07) is 0. The number of rotatable bonds is 0. The molecule has 1 atom stereocenters. The summed E-state index contributed by atoms with van der Waals surface area (Å²) >= 11 is 3.96. The number of likely N-dealkylation sites (tertiary alicyclic amines) is 1. The highest BCUT2D eigenvalue weighted by atomic mass is 32.1. The molecule has 4 heteroatoms. The maximum atomic E-state index is 10.1. The second-order valence-corrected chi connectivity index (χ2v) is 2.34. The van der Waals surface area contributed by atoms with Gasteiger partial charge in [-0.3, -0.25) is 4.90 Å². The van der Waals surface area contributed by atoms with Crippen LogP contribution in [-0.2, 0) is 0 Å². The van der Waals surface area contributed by atoms with Crippen molar-refractivity contribution in [3.05, 3.63) is 0 Å². The molecule has 0 saturated carbocycles. The van der Waals surface area contributed by atoms with Gasteiger partial charge in [-0.25, -0.2) is 4.79 Å². The molecule has 0 radical (unpaired) electrons. The monoisotopic (exact) mass is 133 g/mol. The van der Waals surface area contributed by atoms with Crippen molar-refractivity contribution >= 4 is 18.7 Å². The van der Waals surface area contributed by atoms with Gasteiger partial charge in [0.05, 0.1) is 5.37 Å². The van der Waals surface area contributed by atoms with Gasteiger partial charge >= 0.3 is 6.09 Å². The van der Waals surface area contributed by atoms with Gasteiger partial charge in [0.1, 0.15) is 0 Å². The van der Waals surface area contributed by atoms with Crippen LogP contribution in [0.15, 0.2) is 0 Å². The SMILES string of the molecule is O=C(O)N1CCC1S. The summed E-state index contributed by atoms with van der Waals surface area (Å²) in [7, 11) is 0. The van der Waals surface area contributed by atoms with Gasteiger partial charge in [-0.15, -0.1) is 0 Å². The van der Waals surface area contributed by atoms with Gasteiger partial charge in [-0.05, 0) is 6.42 Å². The van der Waals surface area contributed by atoms with Gasteiger partial charge in [0.2, 0.25) is 0 Å². The van der Waals surface area contributed by atoms with Crippen molar-refractivity contribution in [2.45, 2.75) is 11.8 Å². The predicted molar refractivity (Wildman–Crippen MR) is 32.1 cm³/mol. The van der Waals surface area contributed by atoms with E-state index in [1.807, 2.05) is 0 Å². The second-order valence-electron chi connectivity index (χ2n) is 1.75. The van der Waals surface area contributed by atoms with Gasteiger partial charge in [0.25, 0.3) is 0 Å². The van der Waals surface area contributed by atoms with Crippen LogP contribution >= 0.6 is 12.6 Å². The van der Waals surface area contributed by atoms with Crippen molar-refractivity contribution in [3.8, 4) is 0 Å². The Bertz CT molecular complexity index is 117. The minimum Gasteiger partial charge on any atom is -0.465 e. The van der Waals surface area contributed by atoms with Gasteiger partial charge in [-0.2, -0.15) is 12.6 Å². The number of nitrogens with zero attached hydrogens (tertiary/aromatic N) is 1. The molecule has 1 heterocycles. The molecule has 1 amide bonds. The van der Waals surface area contributed by atoms with E-state index in [9.17, 15) is 4.79 Å². The van der Waals surface area contributed by atoms with Crippen LogP contribution in [0.4, 0.5) is 4.79 Å². The molecule has 1 aliphatic heterocycles. The van der Waals surface area contributed by atoms with Crippen LogP contribution in [0.5, 0.6) is 0 Å². The average molecular weight is 133 g/mol. The maximum Gasteiger partial charge on any atom is 0.408 e. The molecule has 1 saturated heterocycles. The van der Waals surface area contributed by atoms with E-state index < -0.39 is 6.09 Å². The van der Waals surface area contributed by atoms with Crippen molar-refractivity contribution in [2.24, 2.45) is 0 Å². The highest BCUT2D eigenvalue weighted by molar-refractivity contribution is 7.81. The van der Waals surface area contributed by atoms with E-state index >= 15 is 0 Å². The van der Waals surface area contributed by atoms with Crippen LogP contribution in [0.1, 0.15) is 6.42 Å². The van der Waals surface area contributed by atoms with E-state index in [2.05, 4.69) is 12.6 Å². The molecule has 8 heavy (non-hydrogen) atoms. The van der Waals surface area contributed by atoms with Crippen LogP contribution < -0.4 is 0 Å². The highest BCUT2D eigenvalue weighted by Gasteiger charge is 2.28. The molecule has 0 aromatic rings. The van der Waals surface area contributed by atoms with Crippen LogP contribution in [0.25, 0.3) is 0 Å². The summed E-state index contributed by atoms with van der Waals surface area (Å²) in [5.41, 5.74) is 0. The first-order chi connectivity index (χ1) is 3.72. The van der Waals surface area contributed by atoms with E-state index in [0.717, 1.165) is 6.42 Å². The Morgan fingerprint density at radius 3 is 2.50 bits per heavy atom. The minimum atomic E-state index is -0.865. The van der Waals surface area contributed by atoms with Gasteiger partial charge in [-0.1, -0.05) is 0 Å². The first-order valence-electron chi connectivity index (χ1n) is 2.39. The average Bonchev–Trinajstić information content (AvgIpc) is 1.61. The lowest BCUT2D eigenvalue weighted by Gasteiger charge is -2.34. The second kappa shape index (κ2) is 1.85. The standard InChI is InChI=1S/C4H7NO2S/c6-4(7)5-2-1-3(5)8/h3,8H,1-2H2,(H,6,7). The Kier molecular flexibility index (Phi) is 1.33. The molecule has 1 N–H and O–H groups in total. The summed E-state index contributed by atoms with van der Waals surface area (Å²) in [5.74, 6) is 0. The zero-order valence-electron chi connectivity index (χ0n) is 4.24. The Balaban J connectivity index is 2.37. The summed E-state index contributed by atoms with van der Waals surface area (Å²) < 4.78 is 0. The predicted octanol–water partition coefficient (Wildman–Crippen LogP) is 0.626. The van der Waals surface area contributed by atoms with Crippen LogP contribution in [-0.4, -0.2) is 28.0 Å². The highest BCUT2D eigenvalue weighted by Crippen LogP contribution is 2.19. The molecule has 3 nitrogen and oxygen atoms in total. The van der Waals surface area contributed by atoms with E-state index in [1.54, 1.807) is 0 Å². The van der Waals surface area contributed by atoms with Gasteiger partial charge in [0.15, 0.2) is 0 Å². The van der Waals surface area contributed by atoms with E-state index in [4.69, 9.17) is 5.11 Å². The van der Waals surface area contributed by atoms with Crippen molar-refractivity contribution in [1.29, 1.82) is 0 Å². The summed E-state index contributed by atoms with van der Waals surface area (Å²) in [4.78, 5) is 11.4. The summed E-state index contributed by atoms with van der Waals surface area (Å²) in [6.45, 7) is 0.642. The normalized spacial score (nSPS) is 27.1. The lowest BCUT2D eigenvalue weighted by atomic mass is 10.2. The smallest absolute Gasteiger partial charge is 0.408 e. The molecule has 46 valence electrons. The molecular weight excluding hydrogens is 126 g/mol. The molecular formula is C4H7NO2S. The zero-order valence-corrected chi connectivity index (χ0v) is 5.14. The Morgan fingerprint density at radius 1 is 1.88 bits per heavy atom. The fraction of sp³-hybridized carbons (Fsp3) is 0.750. The molecule has 0 spiro atoms. The van der Waals surface area contributed by atoms with Crippen molar-refractivity contribution in [1.82, 2.24) is 4.90 Å². The largest absolute Gasteiger partial charge is 0.465 e. The lowest BCUT2D eigenvalue weighted by Crippen LogP contribution is -2.47. The van der Waals surface area contributed by atoms with E-state index in [0.29, 0.717) is 6.54 Å². The van der Waals surface area contributed by atoms with E-state index in [1.165, 1.54) is 4.90 Å². The molecule has 0 aliphatic carbocycles. The molecule has 0 bridgehead atoms. The quantitative estimate of drug-likeness (QED) is 0.476. The minimum absolute atomic E-state index is 0.0486.